The van der Waals surface area contributed by atoms with E-state index in [9.17, 15) is 5.11 Å². The van der Waals surface area contributed by atoms with Gasteiger partial charge in [-0.2, -0.15) is 0 Å². The van der Waals surface area contributed by atoms with E-state index in [4.69, 9.17) is 27.9 Å². The van der Waals surface area contributed by atoms with Crippen molar-refractivity contribution >= 4 is 34.5 Å². The molecule has 1 heterocycles. The third-order valence-corrected chi connectivity index (χ3v) is 4.38. The van der Waals surface area contributed by atoms with Gasteiger partial charge in [0.25, 0.3) is 0 Å². The van der Waals surface area contributed by atoms with Crippen LogP contribution < -0.4 is 10.1 Å². The molecule has 2 N–H and O–H groups in total. The highest BCUT2D eigenvalue weighted by Crippen LogP contribution is 2.32. The molecule has 0 bridgehead atoms. The van der Waals surface area contributed by atoms with Gasteiger partial charge in [-0.15, -0.1) is 11.3 Å². The Labute approximate surface area is 138 Å². The molecule has 1 aromatic heterocycles. The summed E-state index contributed by atoms with van der Waals surface area (Å²) in [6.45, 7) is 1.44. The number of halogens is 2. The lowest BCUT2D eigenvalue weighted by atomic mass is 10.3. The predicted molar refractivity (Wildman–Crippen MR) is 88.9 cm³/mol. The first kappa shape index (κ1) is 16.6. The molecule has 0 fully saturated rings. The van der Waals surface area contributed by atoms with Crippen LogP contribution in [0.2, 0.25) is 10.0 Å². The summed E-state index contributed by atoms with van der Waals surface area (Å²) in [5.74, 6) is 0.415. The van der Waals surface area contributed by atoms with Gasteiger partial charge in [0.05, 0.1) is 10.0 Å². The van der Waals surface area contributed by atoms with Crippen LogP contribution >= 0.6 is 34.5 Å². The molecule has 0 aliphatic rings. The standard InChI is InChI=1S/C15H17Cl2NO2S/c16-13-4-1-5-14(17)15(13)20-10-11(19)9-18-7-6-12-3-2-8-21-12/h1-5,8,11,18-19H,6-7,9-10H2. The number of rotatable bonds is 8. The lowest BCUT2D eigenvalue weighted by Crippen LogP contribution is -2.32. The van der Waals surface area contributed by atoms with Crippen LogP contribution in [0.15, 0.2) is 35.7 Å². The number of thiophene rings is 1. The van der Waals surface area contributed by atoms with Gasteiger partial charge in [-0.1, -0.05) is 35.3 Å². The predicted octanol–water partition coefficient (Wildman–Crippen LogP) is 3.63. The third kappa shape index (κ3) is 5.49. The smallest absolute Gasteiger partial charge is 0.156 e. The Bertz CT molecular complexity index is 528. The molecule has 0 spiro atoms. The molecule has 0 saturated heterocycles. The summed E-state index contributed by atoms with van der Waals surface area (Å²) < 4.78 is 5.48. The minimum Gasteiger partial charge on any atom is -0.488 e. The van der Waals surface area contributed by atoms with E-state index in [2.05, 4.69) is 16.8 Å². The minimum absolute atomic E-state index is 0.148. The van der Waals surface area contributed by atoms with Crippen LogP contribution in [0.1, 0.15) is 4.88 Å². The maximum Gasteiger partial charge on any atom is 0.156 e. The number of ether oxygens (including phenoxy) is 1. The molecule has 2 rings (SSSR count). The van der Waals surface area contributed by atoms with Crippen LogP contribution in [0.25, 0.3) is 0 Å². The van der Waals surface area contributed by atoms with E-state index in [1.54, 1.807) is 29.5 Å². The van der Waals surface area contributed by atoms with Gasteiger partial charge in [0.15, 0.2) is 5.75 Å². The number of aliphatic hydroxyl groups excluding tert-OH is 1. The molecule has 21 heavy (non-hydrogen) atoms. The number of aliphatic hydroxyl groups is 1. The molecular weight excluding hydrogens is 329 g/mol. The fraction of sp³-hybridized carbons (Fsp3) is 0.333. The Morgan fingerprint density at radius 2 is 1.95 bits per heavy atom. The summed E-state index contributed by atoms with van der Waals surface area (Å²) >= 11 is 13.7. The van der Waals surface area contributed by atoms with E-state index in [0.29, 0.717) is 22.3 Å². The first-order valence-corrected chi connectivity index (χ1v) is 8.28. The molecule has 2 aromatic rings. The maximum atomic E-state index is 9.88. The minimum atomic E-state index is -0.610. The van der Waals surface area contributed by atoms with Crippen molar-refractivity contribution in [2.45, 2.75) is 12.5 Å². The maximum absolute atomic E-state index is 9.88. The molecule has 0 amide bonds. The Balaban J connectivity index is 1.66. The van der Waals surface area contributed by atoms with Crippen LogP contribution in [0.4, 0.5) is 0 Å². The van der Waals surface area contributed by atoms with Crippen molar-refractivity contribution in [3.05, 3.63) is 50.6 Å². The average Bonchev–Trinajstić information content (AvgIpc) is 2.96. The van der Waals surface area contributed by atoms with E-state index in [1.165, 1.54) is 4.88 Å². The second-order valence-electron chi connectivity index (χ2n) is 4.55. The summed E-state index contributed by atoms with van der Waals surface area (Å²) in [7, 11) is 0. The Morgan fingerprint density at radius 1 is 1.19 bits per heavy atom. The van der Waals surface area contributed by atoms with E-state index in [-0.39, 0.29) is 6.61 Å². The lowest BCUT2D eigenvalue weighted by molar-refractivity contribution is 0.107. The molecule has 3 nitrogen and oxygen atoms in total. The first-order valence-electron chi connectivity index (χ1n) is 6.65. The van der Waals surface area contributed by atoms with Crippen molar-refractivity contribution in [2.75, 3.05) is 19.7 Å². The topological polar surface area (TPSA) is 41.5 Å². The molecule has 6 heteroatoms. The Morgan fingerprint density at radius 3 is 2.62 bits per heavy atom. The summed E-state index contributed by atoms with van der Waals surface area (Å²) in [6, 6.07) is 9.30. The lowest BCUT2D eigenvalue weighted by Gasteiger charge is -2.14. The van der Waals surface area contributed by atoms with Crippen molar-refractivity contribution in [3.63, 3.8) is 0 Å². The highest BCUT2D eigenvalue weighted by Gasteiger charge is 2.10. The van der Waals surface area contributed by atoms with E-state index >= 15 is 0 Å². The van der Waals surface area contributed by atoms with Gasteiger partial charge in [-0.05, 0) is 30.0 Å². The van der Waals surface area contributed by atoms with Gasteiger partial charge in [-0.3, -0.25) is 0 Å². The van der Waals surface area contributed by atoms with Crippen LogP contribution in [0.5, 0.6) is 5.75 Å². The fourth-order valence-corrected chi connectivity index (χ4v) is 3.01. The highest BCUT2D eigenvalue weighted by molar-refractivity contribution is 7.09. The second kappa shape index (κ2) is 8.61. The molecule has 1 aromatic carbocycles. The zero-order chi connectivity index (χ0) is 15.1. The second-order valence-corrected chi connectivity index (χ2v) is 6.40. The summed E-state index contributed by atoms with van der Waals surface area (Å²) in [6.07, 6.45) is 0.349. The van der Waals surface area contributed by atoms with Crippen LogP contribution in [-0.4, -0.2) is 30.9 Å². The van der Waals surface area contributed by atoms with Gasteiger partial charge in [0.1, 0.15) is 12.7 Å². The molecule has 0 aliphatic carbocycles. The molecule has 0 saturated carbocycles. The summed E-state index contributed by atoms with van der Waals surface area (Å²) in [5, 5.41) is 16.0. The van der Waals surface area contributed by atoms with E-state index in [1.807, 2.05) is 6.07 Å². The molecule has 114 valence electrons. The SMILES string of the molecule is OC(CNCCc1cccs1)COc1c(Cl)cccc1Cl. The molecule has 1 unspecified atom stereocenters. The number of hydrogen-bond acceptors (Lipinski definition) is 4. The van der Waals surface area contributed by atoms with E-state index in [0.717, 1.165) is 13.0 Å². The van der Waals surface area contributed by atoms with Gasteiger partial charge in [-0.25, -0.2) is 0 Å². The summed E-state index contributed by atoms with van der Waals surface area (Å²) in [5.41, 5.74) is 0. The van der Waals surface area contributed by atoms with Crippen LogP contribution in [-0.2, 0) is 6.42 Å². The first-order chi connectivity index (χ1) is 10.2. The molecule has 0 radical (unpaired) electrons. The van der Waals surface area contributed by atoms with Crippen molar-refractivity contribution in [1.29, 1.82) is 0 Å². The van der Waals surface area contributed by atoms with Gasteiger partial charge in [0, 0.05) is 18.0 Å². The van der Waals surface area contributed by atoms with Gasteiger partial charge >= 0.3 is 0 Å². The third-order valence-electron chi connectivity index (χ3n) is 2.85. The van der Waals surface area contributed by atoms with Gasteiger partial charge < -0.3 is 15.2 Å². The number of para-hydroxylation sites is 1. The van der Waals surface area contributed by atoms with Crippen molar-refractivity contribution < 1.29 is 9.84 Å². The molecule has 0 aliphatic heterocycles. The molecule has 1 atom stereocenters. The fourth-order valence-electron chi connectivity index (χ4n) is 1.79. The largest absolute Gasteiger partial charge is 0.488 e. The average molecular weight is 346 g/mol. The van der Waals surface area contributed by atoms with Crippen molar-refractivity contribution in [3.8, 4) is 5.75 Å². The zero-order valence-electron chi connectivity index (χ0n) is 11.4. The number of nitrogens with one attached hydrogen (secondary N) is 1. The van der Waals surface area contributed by atoms with Crippen molar-refractivity contribution in [2.24, 2.45) is 0 Å². The van der Waals surface area contributed by atoms with Crippen LogP contribution in [0.3, 0.4) is 0 Å². The quantitative estimate of drug-likeness (QED) is 0.718. The van der Waals surface area contributed by atoms with Crippen molar-refractivity contribution in [1.82, 2.24) is 5.32 Å². The monoisotopic (exact) mass is 345 g/mol. The molecular formula is C15H17Cl2NO2S. The van der Waals surface area contributed by atoms with Crippen LogP contribution in [0, 0.1) is 0 Å². The normalized spacial score (nSPS) is 12.3. The highest BCUT2D eigenvalue weighted by atomic mass is 35.5. The van der Waals surface area contributed by atoms with E-state index < -0.39 is 6.10 Å². The number of hydrogen-bond donors (Lipinski definition) is 2. The van der Waals surface area contributed by atoms with Gasteiger partial charge in [0.2, 0.25) is 0 Å². The number of benzene rings is 1. The zero-order valence-corrected chi connectivity index (χ0v) is 13.7. The Kier molecular flexibility index (Phi) is 6.80. The summed E-state index contributed by atoms with van der Waals surface area (Å²) in [4.78, 5) is 1.33. The Hall–Kier alpha value is -0.780.